The van der Waals surface area contributed by atoms with Crippen LogP contribution in [0.1, 0.15) is 43.7 Å². The third-order valence-corrected chi connectivity index (χ3v) is 4.33. The molecule has 1 N–H and O–H groups in total. The molecule has 1 fully saturated rings. The van der Waals surface area contributed by atoms with Gasteiger partial charge in [0.1, 0.15) is 0 Å². The first kappa shape index (κ1) is 11.3. The Balaban J connectivity index is 1.56. The highest BCUT2D eigenvalue weighted by molar-refractivity contribution is 5.33. The zero-order valence-corrected chi connectivity index (χ0v) is 10.8. The van der Waals surface area contributed by atoms with Crippen LogP contribution in [0.4, 0.5) is 0 Å². The van der Waals surface area contributed by atoms with Crippen molar-refractivity contribution in [3.05, 3.63) is 35.4 Å². The Labute approximate surface area is 105 Å². The predicted octanol–water partition coefficient (Wildman–Crippen LogP) is 3.32. The molecule has 1 saturated carbocycles. The highest BCUT2D eigenvalue weighted by Crippen LogP contribution is 2.34. The van der Waals surface area contributed by atoms with Gasteiger partial charge in [-0.15, -0.1) is 0 Å². The fraction of sp³-hybridized carbons (Fsp3) is 0.625. The summed E-state index contributed by atoms with van der Waals surface area (Å²) in [5.41, 5.74) is 3.12. The van der Waals surface area contributed by atoms with Crippen LogP contribution >= 0.6 is 0 Å². The largest absolute Gasteiger partial charge is 0.311 e. The van der Waals surface area contributed by atoms with Crippen molar-refractivity contribution in [3.8, 4) is 0 Å². The second kappa shape index (κ2) is 4.81. The highest BCUT2D eigenvalue weighted by atomic mass is 15.0. The van der Waals surface area contributed by atoms with Crippen molar-refractivity contribution in [2.45, 2.75) is 57.5 Å². The van der Waals surface area contributed by atoms with Crippen molar-refractivity contribution >= 4 is 0 Å². The number of nitrogens with one attached hydrogen (secondary N) is 1. The first-order chi connectivity index (χ1) is 8.35. The molecule has 1 heteroatoms. The summed E-state index contributed by atoms with van der Waals surface area (Å²) in [6, 6.07) is 10.4. The van der Waals surface area contributed by atoms with E-state index in [4.69, 9.17) is 0 Å². The molecule has 92 valence electrons. The maximum absolute atomic E-state index is 3.88. The number of fused-ring (bicyclic) bond motifs is 1. The van der Waals surface area contributed by atoms with E-state index in [2.05, 4.69) is 36.5 Å². The van der Waals surface area contributed by atoms with E-state index in [0.29, 0.717) is 6.04 Å². The second-order valence-corrected chi connectivity index (χ2v) is 5.82. The first-order valence-corrected chi connectivity index (χ1v) is 7.18. The Morgan fingerprint density at radius 2 is 1.82 bits per heavy atom. The van der Waals surface area contributed by atoms with Crippen LogP contribution in [0, 0.1) is 5.92 Å². The number of rotatable bonds is 5. The fourth-order valence-corrected chi connectivity index (χ4v) is 3.12. The third kappa shape index (κ3) is 2.71. The average molecular weight is 229 g/mol. The molecule has 1 unspecified atom stereocenters. The van der Waals surface area contributed by atoms with Gasteiger partial charge in [0.15, 0.2) is 0 Å². The molecule has 0 radical (unpaired) electrons. The van der Waals surface area contributed by atoms with Crippen LogP contribution in [0.3, 0.4) is 0 Å². The van der Waals surface area contributed by atoms with Gasteiger partial charge in [-0.1, -0.05) is 44.0 Å². The van der Waals surface area contributed by atoms with E-state index in [-0.39, 0.29) is 0 Å². The van der Waals surface area contributed by atoms with Gasteiger partial charge >= 0.3 is 0 Å². The molecule has 0 amide bonds. The van der Waals surface area contributed by atoms with Crippen LogP contribution in [0.5, 0.6) is 0 Å². The molecule has 1 aromatic carbocycles. The van der Waals surface area contributed by atoms with E-state index in [1.54, 1.807) is 11.1 Å². The van der Waals surface area contributed by atoms with Crippen LogP contribution in [0.15, 0.2) is 24.3 Å². The van der Waals surface area contributed by atoms with Crippen LogP contribution in [-0.2, 0) is 12.8 Å². The Morgan fingerprint density at radius 1 is 1.18 bits per heavy atom. The van der Waals surface area contributed by atoms with Gasteiger partial charge in [0.05, 0.1) is 0 Å². The Bertz CT molecular complexity index is 356. The molecule has 0 heterocycles. The lowest BCUT2D eigenvalue weighted by atomic mass is 10.1. The summed E-state index contributed by atoms with van der Waals surface area (Å²) in [5, 5.41) is 3.88. The predicted molar refractivity (Wildman–Crippen MR) is 72.2 cm³/mol. The molecule has 1 aromatic rings. The Kier molecular flexibility index (Phi) is 3.19. The molecule has 1 atom stereocenters. The summed E-state index contributed by atoms with van der Waals surface area (Å²) in [6.07, 6.45) is 8.10. The van der Waals surface area contributed by atoms with Gasteiger partial charge in [-0.25, -0.2) is 0 Å². The maximum atomic E-state index is 3.88. The van der Waals surface area contributed by atoms with E-state index < -0.39 is 0 Å². The van der Waals surface area contributed by atoms with Crippen LogP contribution in [-0.4, -0.2) is 12.1 Å². The summed E-state index contributed by atoms with van der Waals surface area (Å²) in [5.74, 6) is 1.04. The van der Waals surface area contributed by atoms with Crippen molar-refractivity contribution in [2.75, 3.05) is 0 Å². The molecule has 0 bridgehead atoms. The van der Waals surface area contributed by atoms with E-state index >= 15 is 0 Å². The number of hydrogen-bond acceptors (Lipinski definition) is 1. The summed E-state index contributed by atoms with van der Waals surface area (Å²) < 4.78 is 0. The van der Waals surface area contributed by atoms with Crippen molar-refractivity contribution < 1.29 is 0 Å². The van der Waals surface area contributed by atoms with Crippen LogP contribution in [0.25, 0.3) is 0 Å². The summed E-state index contributed by atoms with van der Waals surface area (Å²) >= 11 is 0. The van der Waals surface area contributed by atoms with Crippen molar-refractivity contribution in [1.82, 2.24) is 5.32 Å². The van der Waals surface area contributed by atoms with Gasteiger partial charge in [-0.05, 0) is 42.7 Å². The van der Waals surface area contributed by atoms with Gasteiger partial charge in [-0.3, -0.25) is 0 Å². The van der Waals surface area contributed by atoms with E-state index in [1.165, 1.54) is 38.5 Å². The van der Waals surface area contributed by atoms with Crippen LogP contribution < -0.4 is 5.32 Å². The normalized spacial score (nSPS) is 21.5. The van der Waals surface area contributed by atoms with E-state index in [1.807, 2.05) is 0 Å². The lowest BCUT2D eigenvalue weighted by Crippen LogP contribution is -2.38. The topological polar surface area (TPSA) is 12.0 Å². The molecule has 0 spiro atoms. The van der Waals surface area contributed by atoms with Crippen molar-refractivity contribution in [3.63, 3.8) is 0 Å². The lowest BCUT2D eigenvalue weighted by molar-refractivity contribution is 0.391. The minimum atomic E-state index is 0.691. The molecule has 17 heavy (non-hydrogen) atoms. The Hall–Kier alpha value is -0.820. The van der Waals surface area contributed by atoms with Crippen molar-refractivity contribution in [1.29, 1.82) is 0 Å². The monoisotopic (exact) mass is 229 g/mol. The SMILES string of the molecule is CCC(CC1CC1)NC1Cc2ccccc2C1. The van der Waals surface area contributed by atoms with Gasteiger partial charge < -0.3 is 5.32 Å². The van der Waals surface area contributed by atoms with Gasteiger partial charge in [0, 0.05) is 12.1 Å². The minimum absolute atomic E-state index is 0.691. The highest BCUT2D eigenvalue weighted by Gasteiger charge is 2.27. The standard InChI is InChI=1S/C16H23N/c1-2-15(9-12-7-8-12)17-16-10-13-5-3-4-6-14(13)11-16/h3-6,12,15-17H,2,7-11H2,1H3. The fourth-order valence-electron chi connectivity index (χ4n) is 3.12. The van der Waals surface area contributed by atoms with Gasteiger partial charge in [0.2, 0.25) is 0 Å². The minimum Gasteiger partial charge on any atom is -0.311 e. The van der Waals surface area contributed by atoms with E-state index in [9.17, 15) is 0 Å². The summed E-state index contributed by atoms with van der Waals surface area (Å²) in [4.78, 5) is 0. The van der Waals surface area contributed by atoms with E-state index in [0.717, 1.165) is 12.0 Å². The molecule has 0 saturated heterocycles. The van der Waals surface area contributed by atoms with Gasteiger partial charge in [0.25, 0.3) is 0 Å². The number of hydrogen-bond donors (Lipinski definition) is 1. The summed E-state index contributed by atoms with van der Waals surface area (Å²) in [6.45, 7) is 2.32. The molecule has 3 rings (SSSR count). The Morgan fingerprint density at radius 3 is 2.35 bits per heavy atom. The lowest BCUT2D eigenvalue weighted by Gasteiger charge is -2.21. The molecule has 1 nitrogen and oxygen atoms in total. The molecule has 2 aliphatic rings. The molecule has 2 aliphatic carbocycles. The van der Waals surface area contributed by atoms with Gasteiger partial charge in [-0.2, -0.15) is 0 Å². The third-order valence-electron chi connectivity index (χ3n) is 4.33. The smallest absolute Gasteiger partial charge is 0.0151 e. The second-order valence-electron chi connectivity index (χ2n) is 5.82. The number of benzene rings is 1. The summed E-state index contributed by atoms with van der Waals surface area (Å²) in [7, 11) is 0. The average Bonchev–Trinajstić information content (AvgIpc) is 3.06. The van der Waals surface area contributed by atoms with Crippen LogP contribution in [0.2, 0.25) is 0 Å². The maximum Gasteiger partial charge on any atom is 0.0151 e. The molecular formula is C16H23N. The zero-order chi connectivity index (χ0) is 11.7. The quantitative estimate of drug-likeness (QED) is 0.816. The molecule has 0 aromatic heterocycles. The zero-order valence-electron chi connectivity index (χ0n) is 10.8. The molecular weight excluding hydrogens is 206 g/mol. The van der Waals surface area contributed by atoms with Crippen molar-refractivity contribution in [2.24, 2.45) is 5.92 Å². The molecule has 0 aliphatic heterocycles. The first-order valence-electron chi connectivity index (χ1n) is 7.18.